The van der Waals surface area contributed by atoms with Gasteiger partial charge in [0.25, 0.3) is 0 Å². The lowest BCUT2D eigenvalue weighted by atomic mass is 9.82. The molecule has 0 spiro atoms. The van der Waals surface area contributed by atoms with Gasteiger partial charge in [-0.25, -0.2) is 0 Å². The third-order valence-corrected chi connectivity index (χ3v) is 8.30. The number of fused-ring (bicyclic) bond motifs is 1. The van der Waals surface area contributed by atoms with Crippen molar-refractivity contribution in [2.45, 2.75) is 71.6 Å². The molecule has 3 aromatic carbocycles. The van der Waals surface area contributed by atoms with Gasteiger partial charge in [-0.2, -0.15) is 0 Å². The van der Waals surface area contributed by atoms with Crippen molar-refractivity contribution >= 4 is 17.6 Å². The van der Waals surface area contributed by atoms with Gasteiger partial charge in [-0.3, -0.25) is 14.5 Å². The van der Waals surface area contributed by atoms with Crippen LogP contribution < -0.4 is 19.5 Å². The predicted octanol–water partition coefficient (Wildman–Crippen LogP) is 6.59. The number of carboxylic acid groups (broad SMARTS) is 1. The highest BCUT2D eigenvalue weighted by atomic mass is 16.7. The number of anilines is 1. The molecule has 2 aliphatic rings. The second kappa shape index (κ2) is 12.7. The number of nitrogens with one attached hydrogen (secondary N) is 1. The number of carboxylic acids is 1. The monoisotopic (exact) mass is 586 g/mol. The minimum absolute atomic E-state index is 0.0534. The lowest BCUT2D eigenvalue weighted by molar-refractivity contribution is -0.143. The van der Waals surface area contributed by atoms with Gasteiger partial charge in [0.1, 0.15) is 5.75 Å². The van der Waals surface area contributed by atoms with Crippen molar-refractivity contribution in [1.29, 1.82) is 0 Å². The molecule has 1 saturated heterocycles. The zero-order valence-electron chi connectivity index (χ0n) is 25.7. The van der Waals surface area contributed by atoms with Gasteiger partial charge in [-0.1, -0.05) is 57.2 Å². The lowest BCUT2D eigenvalue weighted by Gasteiger charge is -2.27. The molecule has 0 saturated carbocycles. The van der Waals surface area contributed by atoms with Crippen molar-refractivity contribution in [3.05, 3.63) is 82.9 Å². The number of hydrogen-bond donors (Lipinski definition) is 2. The Balaban J connectivity index is 1.48. The van der Waals surface area contributed by atoms with E-state index in [-0.39, 0.29) is 18.4 Å². The van der Waals surface area contributed by atoms with Crippen LogP contribution in [0.3, 0.4) is 0 Å². The second-order valence-corrected chi connectivity index (χ2v) is 11.8. The lowest BCUT2D eigenvalue weighted by Crippen LogP contribution is -2.35. The van der Waals surface area contributed by atoms with Gasteiger partial charge < -0.3 is 24.6 Å². The highest BCUT2D eigenvalue weighted by Gasteiger charge is 2.48. The average molecular weight is 587 g/mol. The number of aryl methyl sites for hydroxylation is 2. The molecule has 3 aromatic rings. The van der Waals surface area contributed by atoms with Crippen LogP contribution in [0, 0.1) is 5.92 Å². The van der Waals surface area contributed by atoms with E-state index in [4.69, 9.17) is 14.2 Å². The first-order chi connectivity index (χ1) is 20.6. The molecule has 1 unspecified atom stereocenters. The van der Waals surface area contributed by atoms with Crippen LogP contribution >= 0.6 is 0 Å². The summed E-state index contributed by atoms with van der Waals surface area (Å²) in [5.41, 5.74) is 4.69. The Morgan fingerprint density at radius 3 is 2.23 bits per heavy atom. The molecule has 5 rings (SSSR count). The molecule has 1 fully saturated rings. The van der Waals surface area contributed by atoms with Crippen molar-refractivity contribution in [2.24, 2.45) is 5.92 Å². The van der Waals surface area contributed by atoms with Crippen LogP contribution in [-0.2, 0) is 22.4 Å². The smallest absolute Gasteiger partial charge is 0.309 e. The van der Waals surface area contributed by atoms with Crippen molar-refractivity contribution < 1.29 is 28.9 Å². The normalized spacial score (nSPS) is 20.6. The van der Waals surface area contributed by atoms with Crippen molar-refractivity contribution in [1.82, 2.24) is 4.90 Å². The third kappa shape index (κ3) is 6.49. The van der Waals surface area contributed by atoms with E-state index >= 15 is 0 Å². The van der Waals surface area contributed by atoms with E-state index in [2.05, 4.69) is 19.2 Å². The van der Waals surface area contributed by atoms with Gasteiger partial charge in [-0.05, 0) is 65.8 Å². The number of nitrogens with zero attached hydrogens (tertiary/aromatic N) is 1. The number of benzene rings is 3. The van der Waals surface area contributed by atoms with Gasteiger partial charge in [0, 0.05) is 38.0 Å². The van der Waals surface area contributed by atoms with Crippen LogP contribution in [0.4, 0.5) is 5.69 Å². The van der Waals surface area contributed by atoms with Gasteiger partial charge in [-0.15, -0.1) is 0 Å². The van der Waals surface area contributed by atoms with Gasteiger partial charge in [0.2, 0.25) is 11.7 Å². The molecule has 1 amide bonds. The number of hydrogen-bond acceptors (Lipinski definition) is 6. The van der Waals surface area contributed by atoms with Crippen LogP contribution in [0.15, 0.2) is 60.7 Å². The summed E-state index contributed by atoms with van der Waals surface area (Å²) in [7, 11) is 0. The molecular weight excluding hydrogens is 544 g/mol. The van der Waals surface area contributed by atoms with E-state index in [0.29, 0.717) is 24.7 Å². The van der Waals surface area contributed by atoms with Crippen molar-refractivity contribution in [3.8, 4) is 17.2 Å². The van der Waals surface area contributed by atoms with Crippen LogP contribution in [-0.4, -0.2) is 47.4 Å². The van der Waals surface area contributed by atoms with Crippen LogP contribution in [0.2, 0.25) is 0 Å². The standard InChI is InChI=1S/C35H42N2O6/c1-6-18-41-26-15-12-24(13-16-26)33-31(34(39)40)27(25-14-17-28-29(19-25)43-35(4,5)42-28)20-37(33)21-30(38)36-32-22(7-2)10-9-11-23(32)8-3/h9-17,19,27,31,33H,6-8,18,20-21H2,1-5H3,(H,36,38)(H,39,40)/t27-,31?,33+/m1/s1. The number of carbonyl (C=O) groups excluding carboxylic acids is 1. The maximum Gasteiger partial charge on any atom is 0.309 e. The minimum atomic E-state index is -0.910. The Bertz CT molecular complexity index is 1450. The molecule has 0 radical (unpaired) electrons. The number of aliphatic carboxylic acids is 1. The first-order valence-corrected chi connectivity index (χ1v) is 15.3. The zero-order chi connectivity index (χ0) is 30.7. The number of amides is 1. The average Bonchev–Trinajstić information content (AvgIpc) is 3.51. The Morgan fingerprint density at radius 1 is 0.953 bits per heavy atom. The van der Waals surface area contributed by atoms with Crippen LogP contribution in [0.1, 0.15) is 75.3 Å². The van der Waals surface area contributed by atoms with Crippen LogP contribution in [0.25, 0.3) is 0 Å². The van der Waals surface area contributed by atoms with E-state index in [1.807, 2.05) is 86.3 Å². The highest BCUT2D eigenvalue weighted by molar-refractivity contribution is 5.94. The fourth-order valence-electron chi connectivity index (χ4n) is 6.35. The van der Waals surface area contributed by atoms with Crippen LogP contribution in [0.5, 0.6) is 17.2 Å². The van der Waals surface area contributed by atoms with E-state index < -0.39 is 23.7 Å². The largest absolute Gasteiger partial charge is 0.494 e. The second-order valence-electron chi connectivity index (χ2n) is 11.8. The first-order valence-electron chi connectivity index (χ1n) is 15.3. The topological polar surface area (TPSA) is 97.3 Å². The summed E-state index contributed by atoms with van der Waals surface area (Å²) in [5, 5.41) is 13.8. The zero-order valence-corrected chi connectivity index (χ0v) is 25.7. The number of carbonyl (C=O) groups is 2. The van der Waals surface area contributed by atoms with E-state index in [0.717, 1.165) is 53.0 Å². The molecule has 8 nitrogen and oxygen atoms in total. The molecule has 43 heavy (non-hydrogen) atoms. The fourth-order valence-corrected chi connectivity index (χ4v) is 6.35. The molecular formula is C35H42N2O6. The molecule has 3 atom stereocenters. The molecule has 0 bridgehead atoms. The fraction of sp³-hybridized carbons (Fsp3) is 0.429. The number of para-hydroxylation sites is 1. The number of likely N-dealkylation sites (tertiary alicyclic amines) is 1. The molecule has 2 N–H and O–H groups in total. The Labute approximate surface area is 254 Å². The van der Waals surface area contributed by atoms with Gasteiger partial charge in [0.05, 0.1) is 19.1 Å². The quantitative estimate of drug-likeness (QED) is 0.262. The van der Waals surface area contributed by atoms with E-state index in [1.54, 1.807) is 0 Å². The maximum atomic E-state index is 13.6. The summed E-state index contributed by atoms with van der Waals surface area (Å²) < 4.78 is 17.6. The summed E-state index contributed by atoms with van der Waals surface area (Å²) in [4.78, 5) is 28.6. The maximum absolute atomic E-state index is 13.6. The van der Waals surface area contributed by atoms with Gasteiger partial charge >= 0.3 is 5.97 Å². The summed E-state index contributed by atoms with van der Waals surface area (Å²) >= 11 is 0. The SMILES string of the molecule is CCCOc1ccc([C@H]2C(C(=O)O)[C@@H](c3ccc4c(c3)OC(C)(C)O4)CN2CC(=O)Nc2c(CC)cccc2CC)cc1. The Morgan fingerprint density at radius 2 is 1.60 bits per heavy atom. The van der Waals surface area contributed by atoms with E-state index in [9.17, 15) is 14.7 Å². The summed E-state index contributed by atoms with van der Waals surface area (Å²) in [6, 6.07) is 18.8. The Hall–Kier alpha value is -4.04. The minimum Gasteiger partial charge on any atom is -0.494 e. The molecule has 2 heterocycles. The van der Waals surface area contributed by atoms with Crippen molar-refractivity contribution in [2.75, 3.05) is 25.0 Å². The highest BCUT2D eigenvalue weighted by Crippen LogP contribution is 2.48. The molecule has 228 valence electrons. The number of ether oxygens (including phenoxy) is 3. The number of rotatable bonds is 11. The molecule has 0 aromatic heterocycles. The van der Waals surface area contributed by atoms with E-state index in [1.165, 1.54) is 0 Å². The van der Waals surface area contributed by atoms with Gasteiger partial charge in [0.15, 0.2) is 11.5 Å². The summed E-state index contributed by atoms with van der Waals surface area (Å²) in [6.45, 7) is 10.9. The summed E-state index contributed by atoms with van der Waals surface area (Å²) in [5.74, 6) is -1.07. The molecule has 2 aliphatic heterocycles. The molecule has 8 heteroatoms. The van der Waals surface area contributed by atoms with Crippen molar-refractivity contribution in [3.63, 3.8) is 0 Å². The first kappa shape index (κ1) is 30.4. The predicted molar refractivity (Wildman–Crippen MR) is 166 cm³/mol. The summed E-state index contributed by atoms with van der Waals surface area (Å²) in [6.07, 6.45) is 2.49. The molecule has 0 aliphatic carbocycles. The third-order valence-electron chi connectivity index (χ3n) is 8.30. The Kier molecular flexibility index (Phi) is 8.97.